The van der Waals surface area contributed by atoms with Crippen LogP contribution in [0.5, 0.6) is 0 Å². The zero-order valence-electron chi connectivity index (χ0n) is 17.0. The molecule has 0 fully saturated rings. The van der Waals surface area contributed by atoms with E-state index >= 15 is 0 Å². The largest absolute Gasteiger partial charge is 0.502 e. The SMILES string of the molecule is CCON=CCN(C)c1c(S(=O)(=O)C(F)(F)F)c(C#N)nn1-c1c(Cl)cc(C(F)(F)F)cc1Cl. The van der Waals surface area contributed by atoms with E-state index in [1.165, 1.54) is 6.07 Å². The van der Waals surface area contributed by atoms with Gasteiger partial charge in [-0.3, -0.25) is 0 Å². The second-order valence-corrected chi connectivity index (χ2v) is 9.04. The van der Waals surface area contributed by atoms with Crippen LogP contribution in [-0.4, -0.2) is 50.1 Å². The van der Waals surface area contributed by atoms with Crippen molar-refractivity contribution in [3.63, 3.8) is 0 Å². The fourth-order valence-electron chi connectivity index (χ4n) is 2.62. The van der Waals surface area contributed by atoms with Crippen LogP contribution in [0.15, 0.2) is 22.2 Å². The summed E-state index contributed by atoms with van der Waals surface area (Å²) in [6, 6.07) is 2.10. The quantitative estimate of drug-likeness (QED) is 0.278. The summed E-state index contributed by atoms with van der Waals surface area (Å²) in [4.78, 5) is 4.07. The minimum absolute atomic E-state index is 0.154. The monoisotopic (exact) mass is 551 g/mol. The zero-order valence-corrected chi connectivity index (χ0v) is 19.4. The molecule has 0 saturated heterocycles. The Bertz CT molecular complexity index is 1230. The van der Waals surface area contributed by atoms with Gasteiger partial charge in [0.2, 0.25) is 0 Å². The maximum atomic E-state index is 13.4. The maximum Gasteiger partial charge on any atom is 0.502 e. The summed E-state index contributed by atoms with van der Waals surface area (Å²) in [7, 11) is -5.04. The minimum atomic E-state index is -6.16. The van der Waals surface area contributed by atoms with Gasteiger partial charge in [0, 0.05) is 7.05 Å². The molecule has 0 atom stereocenters. The van der Waals surface area contributed by atoms with Gasteiger partial charge in [-0.2, -0.15) is 36.7 Å². The van der Waals surface area contributed by atoms with Crippen LogP contribution in [0.4, 0.5) is 32.2 Å². The van der Waals surface area contributed by atoms with E-state index in [0.717, 1.165) is 18.2 Å². The predicted molar refractivity (Wildman–Crippen MR) is 110 cm³/mol. The number of oxime groups is 1. The molecule has 0 spiro atoms. The van der Waals surface area contributed by atoms with E-state index in [0.29, 0.717) is 16.8 Å². The summed E-state index contributed by atoms with van der Waals surface area (Å²) in [6.07, 6.45) is -3.80. The number of anilines is 1. The van der Waals surface area contributed by atoms with Crippen molar-refractivity contribution in [1.82, 2.24) is 9.78 Å². The van der Waals surface area contributed by atoms with Crippen molar-refractivity contribution in [2.24, 2.45) is 5.16 Å². The molecular weight excluding hydrogens is 539 g/mol. The summed E-state index contributed by atoms with van der Waals surface area (Å²) < 4.78 is 105. The average Bonchev–Trinajstić information content (AvgIpc) is 3.09. The molecule has 186 valence electrons. The van der Waals surface area contributed by atoms with Crippen molar-refractivity contribution in [3.05, 3.63) is 33.4 Å². The molecule has 8 nitrogen and oxygen atoms in total. The topological polar surface area (TPSA) is 101 Å². The number of hydrogen-bond donors (Lipinski definition) is 0. The highest BCUT2D eigenvalue weighted by Gasteiger charge is 2.51. The first-order chi connectivity index (χ1) is 15.6. The molecule has 34 heavy (non-hydrogen) atoms. The van der Waals surface area contributed by atoms with E-state index in [2.05, 4.69) is 10.3 Å². The predicted octanol–water partition coefficient (Wildman–Crippen LogP) is 4.82. The van der Waals surface area contributed by atoms with Gasteiger partial charge in [-0.25, -0.2) is 13.1 Å². The standard InChI is InChI=1S/C17H13Cl2F6N5O3S/c1-3-33-27-4-5-29(2)15-14(34(31,32)17(23,24)25)12(8-26)28-30(15)13-10(18)6-9(7-11(13)19)16(20,21)22/h4,6-7H,3,5H2,1-2H3. The van der Waals surface area contributed by atoms with Gasteiger partial charge in [-0.15, -0.1) is 0 Å². The Kier molecular flexibility index (Phi) is 8.01. The van der Waals surface area contributed by atoms with Gasteiger partial charge in [0.15, 0.2) is 16.4 Å². The summed E-state index contributed by atoms with van der Waals surface area (Å²) in [5.74, 6) is -0.847. The lowest BCUT2D eigenvalue weighted by Gasteiger charge is -2.22. The van der Waals surface area contributed by atoms with Gasteiger partial charge in [0.1, 0.15) is 18.4 Å². The van der Waals surface area contributed by atoms with Gasteiger partial charge < -0.3 is 9.74 Å². The van der Waals surface area contributed by atoms with Crippen molar-refractivity contribution in [1.29, 1.82) is 5.26 Å². The van der Waals surface area contributed by atoms with E-state index in [1.54, 1.807) is 6.92 Å². The van der Waals surface area contributed by atoms with Crippen LogP contribution in [0.25, 0.3) is 5.69 Å². The molecule has 1 aromatic heterocycles. The lowest BCUT2D eigenvalue weighted by Crippen LogP contribution is -2.29. The molecule has 0 amide bonds. The highest BCUT2D eigenvalue weighted by Crippen LogP contribution is 2.43. The Morgan fingerprint density at radius 2 is 1.79 bits per heavy atom. The number of nitrogens with zero attached hydrogens (tertiary/aromatic N) is 5. The minimum Gasteiger partial charge on any atom is -0.396 e. The van der Waals surface area contributed by atoms with Crippen LogP contribution >= 0.6 is 23.2 Å². The molecule has 2 rings (SSSR count). The first-order valence-corrected chi connectivity index (χ1v) is 11.1. The summed E-state index contributed by atoms with van der Waals surface area (Å²) in [6.45, 7) is 1.38. The molecule has 17 heteroatoms. The van der Waals surface area contributed by atoms with E-state index in [9.17, 15) is 40.0 Å². The van der Waals surface area contributed by atoms with Gasteiger partial charge in [0.05, 0.1) is 28.4 Å². The van der Waals surface area contributed by atoms with Crippen LogP contribution in [0, 0.1) is 11.3 Å². The number of alkyl halides is 6. The molecule has 0 N–H and O–H groups in total. The van der Waals surface area contributed by atoms with Crippen molar-refractivity contribution >= 4 is 45.1 Å². The lowest BCUT2D eigenvalue weighted by atomic mass is 10.2. The van der Waals surface area contributed by atoms with E-state index in [-0.39, 0.29) is 13.2 Å². The lowest BCUT2D eigenvalue weighted by molar-refractivity contribution is -0.137. The molecule has 0 bridgehead atoms. The van der Waals surface area contributed by atoms with Crippen LogP contribution in [0.3, 0.4) is 0 Å². The van der Waals surface area contributed by atoms with Gasteiger partial charge in [-0.05, 0) is 19.1 Å². The molecule has 2 aromatic rings. The van der Waals surface area contributed by atoms with Crippen LogP contribution < -0.4 is 4.90 Å². The van der Waals surface area contributed by atoms with Crippen molar-refractivity contribution in [3.8, 4) is 11.8 Å². The Labute approximate surface area is 198 Å². The Balaban J connectivity index is 2.92. The summed E-state index contributed by atoms with van der Waals surface area (Å²) >= 11 is 11.9. The first kappa shape index (κ1) is 27.5. The highest BCUT2D eigenvalue weighted by atomic mass is 35.5. The second-order valence-electron chi connectivity index (χ2n) is 6.35. The van der Waals surface area contributed by atoms with E-state index < -0.39 is 59.2 Å². The summed E-state index contributed by atoms with van der Waals surface area (Å²) in [5, 5.41) is 14.9. The molecule has 0 aliphatic heterocycles. The van der Waals surface area contributed by atoms with Gasteiger partial charge >= 0.3 is 11.7 Å². The van der Waals surface area contributed by atoms with Crippen molar-refractivity contribution in [2.45, 2.75) is 23.5 Å². The molecule has 1 heterocycles. The fraction of sp³-hybridized carbons (Fsp3) is 0.353. The van der Waals surface area contributed by atoms with Crippen molar-refractivity contribution < 1.29 is 39.6 Å². The Hall–Kier alpha value is -2.70. The molecular formula is C17H13Cl2F6N5O3S. The number of sulfone groups is 1. The van der Waals surface area contributed by atoms with Crippen LogP contribution in [0.1, 0.15) is 18.2 Å². The Morgan fingerprint density at radius 1 is 1.24 bits per heavy atom. The summed E-state index contributed by atoms with van der Waals surface area (Å²) in [5.41, 5.74) is -8.89. The van der Waals surface area contributed by atoms with Gasteiger partial charge in [-0.1, -0.05) is 28.4 Å². The van der Waals surface area contributed by atoms with E-state index in [1.807, 2.05) is 0 Å². The normalized spacial score (nSPS) is 12.7. The Morgan fingerprint density at radius 3 is 2.24 bits per heavy atom. The number of nitriles is 1. The van der Waals surface area contributed by atoms with E-state index in [4.69, 9.17) is 28.0 Å². The highest BCUT2D eigenvalue weighted by molar-refractivity contribution is 7.92. The third-order valence-corrected chi connectivity index (χ3v) is 6.15. The smallest absolute Gasteiger partial charge is 0.396 e. The fourth-order valence-corrected chi connectivity index (χ4v) is 4.33. The number of halogens is 8. The van der Waals surface area contributed by atoms with Crippen LogP contribution in [0.2, 0.25) is 10.0 Å². The molecule has 0 radical (unpaired) electrons. The van der Waals surface area contributed by atoms with Crippen LogP contribution in [-0.2, 0) is 20.9 Å². The molecule has 1 aromatic carbocycles. The average molecular weight is 552 g/mol. The molecule has 0 saturated carbocycles. The molecule has 0 unspecified atom stereocenters. The van der Waals surface area contributed by atoms with Crippen molar-refractivity contribution in [2.75, 3.05) is 25.1 Å². The maximum absolute atomic E-state index is 13.4. The number of hydrogen-bond acceptors (Lipinski definition) is 7. The third-order valence-electron chi connectivity index (χ3n) is 4.05. The number of rotatable bonds is 7. The zero-order chi connectivity index (χ0) is 26.1. The third kappa shape index (κ3) is 5.34. The molecule has 0 aliphatic rings. The molecule has 0 aliphatic carbocycles. The van der Waals surface area contributed by atoms with Gasteiger partial charge in [0.25, 0.3) is 9.84 Å². The first-order valence-electron chi connectivity index (χ1n) is 8.83. The number of benzene rings is 1. The number of aromatic nitrogens is 2. The second kappa shape index (κ2) is 9.88.